The third kappa shape index (κ3) is 6.26. The molecule has 0 heterocycles. The number of hydrogen-bond acceptors (Lipinski definition) is 3. The maximum atomic E-state index is 11.5. The zero-order chi connectivity index (χ0) is 14.3. The highest BCUT2D eigenvalue weighted by atomic mass is 32.2. The molecule has 1 atom stereocenters. The summed E-state index contributed by atoms with van der Waals surface area (Å²) in [5, 5.41) is 0. The predicted molar refractivity (Wildman–Crippen MR) is 75.6 cm³/mol. The van der Waals surface area contributed by atoms with Gasteiger partial charge in [-0.2, -0.15) is 0 Å². The van der Waals surface area contributed by atoms with Gasteiger partial charge in [0.25, 0.3) is 5.91 Å². The second-order valence-corrected chi connectivity index (χ2v) is 5.27. The van der Waals surface area contributed by atoms with Gasteiger partial charge in [-0.15, -0.1) is 11.8 Å². The minimum atomic E-state index is -0.279. The van der Waals surface area contributed by atoms with Gasteiger partial charge >= 0.3 is 0 Å². The average molecular weight is 282 g/mol. The van der Waals surface area contributed by atoms with E-state index in [1.807, 2.05) is 13.3 Å². The van der Waals surface area contributed by atoms with Crippen LogP contribution < -0.4 is 15.8 Å². The molecule has 19 heavy (non-hydrogen) atoms. The Kier molecular flexibility index (Phi) is 6.38. The molecule has 3 N–H and O–H groups in total. The molecule has 5 nitrogen and oxygen atoms in total. The fraction of sp³-hybridized carbons (Fsp3) is 0.385. The number of hydrogen-bond donors (Lipinski definition) is 3. The summed E-state index contributed by atoms with van der Waals surface area (Å²) in [5.74, 6) is -0.480. The summed E-state index contributed by atoms with van der Waals surface area (Å²) in [6.45, 7) is 2.43. The van der Waals surface area contributed by atoms with Crippen molar-refractivity contribution in [3.8, 4) is 0 Å². The molecule has 1 rings (SSSR count). The Morgan fingerprint density at radius 2 is 1.84 bits per heavy atom. The molecule has 0 saturated heterocycles. The van der Waals surface area contributed by atoms with Crippen LogP contribution in [0.25, 0.3) is 0 Å². The highest BCUT2D eigenvalue weighted by Gasteiger charge is 2.10. The van der Waals surface area contributed by atoms with Crippen molar-refractivity contribution in [2.75, 3.05) is 19.8 Å². The Morgan fingerprint density at radius 3 is 2.37 bits per heavy atom. The predicted octanol–water partition coefficient (Wildman–Crippen LogP) is -0.409. The van der Waals surface area contributed by atoms with E-state index < -0.39 is 0 Å². The van der Waals surface area contributed by atoms with Crippen molar-refractivity contribution in [1.29, 1.82) is 0 Å². The monoisotopic (exact) mass is 282 g/mol. The summed E-state index contributed by atoms with van der Waals surface area (Å²) in [4.78, 5) is 24.4. The second kappa shape index (κ2) is 7.81. The first-order chi connectivity index (χ1) is 9.01. The Morgan fingerprint density at radius 1 is 1.21 bits per heavy atom. The van der Waals surface area contributed by atoms with Gasteiger partial charge in [-0.25, -0.2) is 0 Å². The van der Waals surface area contributed by atoms with Gasteiger partial charge in [0.2, 0.25) is 5.91 Å². The minimum absolute atomic E-state index is 0.201. The maximum absolute atomic E-state index is 11.5. The molecule has 0 bridgehead atoms. The minimum Gasteiger partial charge on any atom is -0.326 e. The summed E-state index contributed by atoms with van der Waals surface area (Å²) in [6, 6.07) is 8.29. The van der Waals surface area contributed by atoms with Crippen LogP contribution in [0.15, 0.2) is 29.2 Å². The first-order valence-corrected chi connectivity index (χ1v) is 7.23. The van der Waals surface area contributed by atoms with Crippen LogP contribution >= 0.6 is 11.8 Å². The first-order valence-electron chi connectivity index (χ1n) is 6.01. The molecule has 104 valence electrons. The summed E-state index contributed by atoms with van der Waals surface area (Å²) in [6.07, 6.45) is 2.04. The fourth-order valence-corrected chi connectivity index (χ4v) is 2.04. The molecule has 0 fully saturated rings. The summed E-state index contributed by atoms with van der Waals surface area (Å²) >= 11 is 1.71. The molecule has 1 aromatic carbocycles. The lowest BCUT2D eigenvalue weighted by Crippen LogP contribution is -3.09. The molecule has 2 amide bonds. The van der Waals surface area contributed by atoms with E-state index in [1.165, 1.54) is 17.4 Å². The van der Waals surface area contributed by atoms with Gasteiger partial charge in [0.15, 0.2) is 6.54 Å². The standard InChI is InChI=1S/C13H19N3O2S/c1-10(17)14-15-13(18)9-16(2)8-11-4-6-12(19-3)7-5-11/h4-7H,8-9H2,1-3H3,(H,14,17)(H,15,18)/p+1. The number of carbonyl (C=O) groups excluding carboxylic acids is 2. The third-order valence-electron chi connectivity index (χ3n) is 2.51. The van der Waals surface area contributed by atoms with Gasteiger partial charge in [-0.1, -0.05) is 12.1 Å². The lowest BCUT2D eigenvalue weighted by Gasteiger charge is -2.14. The number of quaternary nitrogens is 1. The largest absolute Gasteiger partial charge is 0.326 e. The topological polar surface area (TPSA) is 62.6 Å². The molecule has 0 aliphatic heterocycles. The molecule has 1 unspecified atom stereocenters. The number of benzene rings is 1. The van der Waals surface area contributed by atoms with Crippen LogP contribution in [0.5, 0.6) is 0 Å². The van der Waals surface area contributed by atoms with Crippen molar-refractivity contribution >= 4 is 23.6 Å². The van der Waals surface area contributed by atoms with E-state index in [-0.39, 0.29) is 11.8 Å². The normalized spacial score (nSPS) is 11.7. The van der Waals surface area contributed by atoms with Crippen molar-refractivity contribution < 1.29 is 14.5 Å². The molecule has 1 aromatic rings. The van der Waals surface area contributed by atoms with E-state index in [9.17, 15) is 9.59 Å². The van der Waals surface area contributed by atoms with Crippen LogP contribution in [-0.2, 0) is 16.1 Å². The Bertz CT molecular complexity index is 434. The van der Waals surface area contributed by atoms with Gasteiger partial charge in [0.05, 0.1) is 7.05 Å². The number of nitrogens with one attached hydrogen (secondary N) is 3. The third-order valence-corrected chi connectivity index (χ3v) is 3.25. The second-order valence-electron chi connectivity index (χ2n) is 4.39. The van der Waals surface area contributed by atoms with Crippen LogP contribution in [0.3, 0.4) is 0 Å². The molecular formula is C13H20N3O2S+. The van der Waals surface area contributed by atoms with Gasteiger partial charge in [-0.05, 0) is 18.4 Å². The van der Waals surface area contributed by atoms with Crippen molar-refractivity contribution in [3.05, 3.63) is 29.8 Å². The fourth-order valence-electron chi connectivity index (χ4n) is 1.63. The van der Waals surface area contributed by atoms with E-state index in [0.29, 0.717) is 6.54 Å². The van der Waals surface area contributed by atoms with Crippen molar-refractivity contribution in [2.24, 2.45) is 0 Å². The first kappa shape index (κ1) is 15.5. The Hall–Kier alpha value is -1.53. The van der Waals surface area contributed by atoms with Crippen molar-refractivity contribution in [3.63, 3.8) is 0 Å². The van der Waals surface area contributed by atoms with Gasteiger partial charge in [-0.3, -0.25) is 20.4 Å². The van der Waals surface area contributed by atoms with Crippen LogP contribution in [0, 0.1) is 0 Å². The van der Waals surface area contributed by atoms with Crippen LogP contribution in [0.1, 0.15) is 12.5 Å². The number of thioether (sulfide) groups is 1. The smallest absolute Gasteiger partial charge is 0.293 e. The highest BCUT2D eigenvalue weighted by molar-refractivity contribution is 7.98. The van der Waals surface area contributed by atoms with E-state index in [0.717, 1.165) is 11.4 Å². The quantitative estimate of drug-likeness (QED) is 0.508. The van der Waals surface area contributed by atoms with Crippen molar-refractivity contribution in [1.82, 2.24) is 10.9 Å². The number of rotatable bonds is 5. The zero-order valence-electron chi connectivity index (χ0n) is 11.4. The van der Waals surface area contributed by atoms with E-state index in [1.54, 1.807) is 11.8 Å². The molecule has 0 aliphatic carbocycles. The number of likely N-dealkylation sites (N-methyl/N-ethyl adjacent to an activating group) is 1. The van der Waals surface area contributed by atoms with Crippen LogP contribution in [-0.4, -0.2) is 31.7 Å². The maximum Gasteiger partial charge on any atom is 0.293 e. The van der Waals surface area contributed by atoms with Crippen LogP contribution in [0.4, 0.5) is 0 Å². The molecule has 6 heteroatoms. The molecular weight excluding hydrogens is 262 g/mol. The molecule has 0 saturated carbocycles. The van der Waals surface area contributed by atoms with Gasteiger partial charge < -0.3 is 4.90 Å². The number of carbonyl (C=O) groups is 2. The average Bonchev–Trinajstić information content (AvgIpc) is 2.37. The van der Waals surface area contributed by atoms with Gasteiger partial charge in [0.1, 0.15) is 6.54 Å². The lowest BCUT2D eigenvalue weighted by molar-refractivity contribution is -0.885. The van der Waals surface area contributed by atoms with Gasteiger partial charge in [0, 0.05) is 17.4 Å². The Labute approximate surface area is 117 Å². The molecule has 0 aromatic heterocycles. The molecule has 0 aliphatic rings. The molecule has 0 radical (unpaired) electrons. The van der Waals surface area contributed by atoms with Crippen LogP contribution in [0.2, 0.25) is 0 Å². The number of amides is 2. The SMILES string of the molecule is CSc1ccc(C[NH+](C)CC(=O)NNC(C)=O)cc1. The van der Waals surface area contributed by atoms with E-state index in [2.05, 4.69) is 35.1 Å². The number of hydrazine groups is 1. The summed E-state index contributed by atoms with van der Waals surface area (Å²) < 4.78 is 0. The van der Waals surface area contributed by atoms with Crippen molar-refractivity contribution in [2.45, 2.75) is 18.4 Å². The van der Waals surface area contributed by atoms with E-state index >= 15 is 0 Å². The molecule has 0 spiro atoms. The zero-order valence-corrected chi connectivity index (χ0v) is 12.3. The summed E-state index contributed by atoms with van der Waals surface area (Å²) in [7, 11) is 1.94. The summed E-state index contributed by atoms with van der Waals surface area (Å²) in [5.41, 5.74) is 5.81. The Balaban J connectivity index is 2.39. The van der Waals surface area contributed by atoms with E-state index in [4.69, 9.17) is 0 Å². The highest BCUT2D eigenvalue weighted by Crippen LogP contribution is 2.14. The lowest BCUT2D eigenvalue weighted by atomic mass is 10.2.